The van der Waals surface area contributed by atoms with Crippen LogP contribution in [0.25, 0.3) is 22.2 Å². The third kappa shape index (κ3) is 3.04. The average molecular weight is 433 g/mol. The molecule has 1 atom stereocenters. The lowest BCUT2D eigenvalue weighted by molar-refractivity contribution is 0.0268. The maximum atomic E-state index is 12.4. The highest BCUT2D eigenvalue weighted by Crippen LogP contribution is 2.53. The molecule has 1 amide bonds. The zero-order valence-corrected chi connectivity index (χ0v) is 19.4. The highest BCUT2D eigenvalue weighted by atomic mass is 16.4. The van der Waals surface area contributed by atoms with Crippen LogP contribution in [0.4, 0.5) is 4.79 Å². The van der Waals surface area contributed by atoms with E-state index in [0.717, 1.165) is 60.1 Å². The molecule has 2 aliphatic heterocycles. The number of nitrogens with one attached hydrogen (secondary N) is 2. The number of likely N-dealkylation sites (tertiary alicyclic amines) is 1. The number of carbonyl (C=O) groups is 1. The summed E-state index contributed by atoms with van der Waals surface area (Å²) in [5, 5.41) is 14.8. The highest BCUT2D eigenvalue weighted by Gasteiger charge is 2.54. The second-order valence-electron chi connectivity index (χ2n) is 10.3. The summed E-state index contributed by atoms with van der Waals surface area (Å²) in [7, 11) is 0. The molecule has 1 saturated heterocycles. The Balaban J connectivity index is 1.77. The van der Waals surface area contributed by atoms with E-state index in [1.165, 1.54) is 16.7 Å². The number of hydrogen-bond acceptors (Lipinski definition) is 3. The van der Waals surface area contributed by atoms with E-state index in [9.17, 15) is 9.90 Å². The SMILES string of the molecule is Cc1c[nH]c2ncc(-c3cc4c(c(C5(C(C)(C)C)CCCN5C(=O)O)c3)CNCC4)cc12. The molecule has 6 nitrogen and oxygen atoms in total. The lowest BCUT2D eigenvalue weighted by Crippen LogP contribution is -2.53. The molecule has 168 valence electrons. The third-order valence-corrected chi connectivity index (χ3v) is 7.58. The molecule has 1 unspecified atom stereocenters. The maximum Gasteiger partial charge on any atom is 0.408 e. The zero-order chi connectivity index (χ0) is 22.7. The third-order valence-electron chi connectivity index (χ3n) is 7.58. The summed E-state index contributed by atoms with van der Waals surface area (Å²) < 4.78 is 0. The van der Waals surface area contributed by atoms with Crippen LogP contribution in [-0.4, -0.2) is 39.2 Å². The minimum atomic E-state index is -0.827. The highest BCUT2D eigenvalue weighted by molar-refractivity contribution is 5.84. The Labute approximate surface area is 189 Å². The summed E-state index contributed by atoms with van der Waals surface area (Å²) in [5.74, 6) is 0. The molecule has 3 N–H and O–H groups in total. The quantitative estimate of drug-likeness (QED) is 0.520. The van der Waals surface area contributed by atoms with Gasteiger partial charge in [0.15, 0.2) is 0 Å². The second kappa shape index (κ2) is 7.34. The van der Waals surface area contributed by atoms with Crippen LogP contribution in [0, 0.1) is 12.3 Å². The molecule has 0 saturated carbocycles. The van der Waals surface area contributed by atoms with Crippen LogP contribution in [0.1, 0.15) is 55.9 Å². The van der Waals surface area contributed by atoms with E-state index in [4.69, 9.17) is 0 Å². The fraction of sp³-hybridized carbons (Fsp3) is 0.462. The Morgan fingerprint density at radius 2 is 2.03 bits per heavy atom. The predicted molar refractivity (Wildman–Crippen MR) is 127 cm³/mol. The first-order valence-electron chi connectivity index (χ1n) is 11.5. The smallest absolute Gasteiger partial charge is 0.408 e. The van der Waals surface area contributed by atoms with Crippen molar-refractivity contribution >= 4 is 17.1 Å². The van der Waals surface area contributed by atoms with E-state index in [1.807, 2.05) is 12.4 Å². The van der Waals surface area contributed by atoms with Gasteiger partial charge in [0.25, 0.3) is 0 Å². The first-order valence-corrected chi connectivity index (χ1v) is 11.5. The molecule has 4 heterocycles. The number of hydrogen-bond donors (Lipinski definition) is 3. The van der Waals surface area contributed by atoms with Crippen molar-refractivity contribution in [1.29, 1.82) is 0 Å². The first kappa shape index (κ1) is 21.0. The van der Waals surface area contributed by atoms with E-state index >= 15 is 0 Å². The van der Waals surface area contributed by atoms with E-state index < -0.39 is 11.6 Å². The number of aromatic amines is 1. The van der Waals surface area contributed by atoms with Gasteiger partial charge in [-0.1, -0.05) is 26.8 Å². The van der Waals surface area contributed by atoms with Crippen LogP contribution in [0.5, 0.6) is 0 Å². The number of pyridine rings is 1. The van der Waals surface area contributed by atoms with Crippen molar-refractivity contribution in [2.75, 3.05) is 13.1 Å². The lowest BCUT2D eigenvalue weighted by Gasteiger charge is -2.49. The van der Waals surface area contributed by atoms with Gasteiger partial charge in [0.05, 0.1) is 5.54 Å². The van der Waals surface area contributed by atoms with Gasteiger partial charge in [0.2, 0.25) is 0 Å². The van der Waals surface area contributed by atoms with Crippen molar-refractivity contribution in [2.45, 2.75) is 59.0 Å². The number of carboxylic acid groups (broad SMARTS) is 1. The van der Waals surface area contributed by atoms with Gasteiger partial charge in [-0.3, -0.25) is 4.90 Å². The number of aryl methyl sites for hydroxylation is 1. The minimum absolute atomic E-state index is 0.245. The monoisotopic (exact) mass is 432 g/mol. The van der Waals surface area contributed by atoms with Crippen molar-refractivity contribution < 1.29 is 9.90 Å². The fourth-order valence-corrected chi connectivity index (χ4v) is 5.97. The van der Waals surface area contributed by atoms with Gasteiger partial charge >= 0.3 is 6.09 Å². The molecule has 6 heteroatoms. The van der Waals surface area contributed by atoms with Crippen LogP contribution in [0.2, 0.25) is 0 Å². The molecular weight excluding hydrogens is 400 g/mol. The lowest BCUT2D eigenvalue weighted by atomic mass is 9.65. The number of H-pyrrole nitrogens is 1. The molecule has 5 rings (SSSR count). The molecule has 32 heavy (non-hydrogen) atoms. The number of amides is 1. The van der Waals surface area contributed by atoms with Crippen molar-refractivity contribution in [3.05, 3.63) is 52.8 Å². The van der Waals surface area contributed by atoms with Crippen LogP contribution in [-0.2, 0) is 18.5 Å². The largest absolute Gasteiger partial charge is 0.465 e. The molecule has 0 aliphatic carbocycles. The minimum Gasteiger partial charge on any atom is -0.465 e. The molecular formula is C26H32N4O2. The predicted octanol–water partition coefficient (Wildman–Crippen LogP) is 5.20. The van der Waals surface area contributed by atoms with Gasteiger partial charge in [-0.25, -0.2) is 9.78 Å². The molecule has 3 aromatic rings. The van der Waals surface area contributed by atoms with E-state index in [1.54, 1.807) is 4.90 Å². The molecule has 0 bridgehead atoms. The molecule has 0 radical (unpaired) electrons. The number of fused-ring (bicyclic) bond motifs is 2. The van der Waals surface area contributed by atoms with Crippen molar-refractivity contribution in [1.82, 2.24) is 20.2 Å². The number of aromatic nitrogens is 2. The molecule has 0 spiro atoms. The Kier molecular flexibility index (Phi) is 4.82. The van der Waals surface area contributed by atoms with Gasteiger partial charge in [0, 0.05) is 36.4 Å². The van der Waals surface area contributed by atoms with Crippen molar-refractivity contribution in [2.24, 2.45) is 5.41 Å². The van der Waals surface area contributed by atoms with Crippen molar-refractivity contribution in [3.8, 4) is 11.1 Å². The van der Waals surface area contributed by atoms with Gasteiger partial charge in [-0.05, 0) is 78.1 Å². The van der Waals surface area contributed by atoms with Crippen LogP contribution in [0.15, 0.2) is 30.6 Å². The topological polar surface area (TPSA) is 81.2 Å². The molecule has 1 fully saturated rings. The van der Waals surface area contributed by atoms with E-state index in [-0.39, 0.29) is 5.41 Å². The Bertz CT molecular complexity index is 1210. The molecule has 1 aromatic carbocycles. The number of rotatable bonds is 2. The van der Waals surface area contributed by atoms with Gasteiger partial charge in [-0.15, -0.1) is 0 Å². The summed E-state index contributed by atoms with van der Waals surface area (Å²) >= 11 is 0. The first-order chi connectivity index (χ1) is 15.2. The summed E-state index contributed by atoms with van der Waals surface area (Å²) in [5.41, 5.74) is 7.23. The number of nitrogens with zero attached hydrogens (tertiary/aromatic N) is 2. The Morgan fingerprint density at radius 1 is 1.22 bits per heavy atom. The Hall–Kier alpha value is -2.86. The van der Waals surface area contributed by atoms with E-state index in [2.05, 4.69) is 61.2 Å². The summed E-state index contributed by atoms with van der Waals surface area (Å²) in [6.07, 6.45) is 5.76. The number of benzene rings is 1. The van der Waals surface area contributed by atoms with Crippen LogP contribution in [0.3, 0.4) is 0 Å². The summed E-state index contributed by atoms with van der Waals surface area (Å²) in [4.78, 5) is 22.0. The fourth-order valence-electron chi connectivity index (χ4n) is 5.97. The van der Waals surface area contributed by atoms with Crippen LogP contribution < -0.4 is 5.32 Å². The molecule has 2 aliphatic rings. The standard InChI is InChI=1S/C26H32N4O2/c1-16-13-28-23-20(16)11-19(14-29-23)18-10-17-6-8-27-15-21(17)22(12-18)26(25(2,3)4)7-5-9-30(26)24(31)32/h10-14,27H,5-9,15H2,1-4H3,(H,28,29)(H,31,32). The van der Waals surface area contributed by atoms with Gasteiger partial charge in [0.1, 0.15) is 5.65 Å². The second-order valence-corrected chi connectivity index (χ2v) is 10.3. The Morgan fingerprint density at radius 3 is 2.78 bits per heavy atom. The average Bonchev–Trinajstić information content (AvgIpc) is 3.37. The zero-order valence-electron chi connectivity index (χ0n) is 19.4. The normalized spacial score (nSPS) is 21.2. The van der Waals surface area contributed by atoms with Crippen molar-refractivity contribution in [3.63, 3.8) is 0 Å². The van der Waals surface area contributed by atoms with E-state index in [0.29, 0.717) is 6.54 Å². The summed E-state index contributed by atoms with van der Waals surface area (Å²) in [6, 6.07) is 6.75. The summed E-state index contributed by atoms with van der Waals surface area (Å²) in [6.45, 7) is 10.9. The van der Waals surface area contributed by atoms with Gasteiger partial charge in [-0.2, -0.15) is 0 Å². The van der Waals surface area contributed by atoms with Crippen LogP contribution >= 0.6 is 0 Å². The molecule has 2 aromatic heterocycles. The maximum absolute atomic E-state index is 12.4. The van der Waals surface area contributed by atoms with Gasteiger partial charge < -0.3 is 15.4 Å².